The maximum atomic E-state index is 6.12. The number of hydrogen-bond donors (Lipinski definition) is 2. The smallest absolute Gasteiger partial charge is 0.191 e. The zero-order valence-corrected chi connectivity index (χ0v) is 18.8. The number of guanidine groups is 1. The van der Waals surface area contributed by atoms with Crippen molar-refractivity contribution in [1.29, 1.82) is 0 Å². The Bertz CT molecular complexity index is 749. The van der Waals surface area contributed by atoms with E-state index >= 15 is 0 Å². The van der Waals surface area contributed by atoms with Crippen molar-refractivity contribution in [3.8, 4) is 0 Å². The Labute approximate surface area is 182 Å². The molecule has 0 bridgehead atoms. The van der Waals surface area contributed by atoms with Gasteiger partial charge in [0.15, 0.2) is 11.8 Å². The van der Waals surface area contributed by atoms with E-state index in [1.165, 1.54) is 5.69 Å². The van der Waals surface area contributed by atoms with Crippen LogP contribution < -0.4 is 15.5 Å². The highest BCUT2D eigenvalue weighted by Gasteiger charge is 2.23. The molecule has 1 aromatic heterocycles. The van der Waals surface area contributed by atoms with E-state index in [0.29, 0.717) is 12.6 Å². The lowest BCUT2D eigenvalue weighted by molar-refractivity contribution is 0.644. The van der Waals surface area contributed by atoms with E-state index in [1.807, 2.05) is 22.8 Å². The summed E-state index contributed by atoms with van der Waals surface area (Å²) < 4.78 is 2.00. The average Bonchev–Trinajstić information content (AvgIpc) is 3.29. The first-order valence-corrected chi connectivity index (χ1v) is 9.49. The molecule has 0 aliphatic carbocycles. The van der Waals surface area contributed by atoms with Crippen LogP contribution in [0.2, 0.25) is 5.02 Å². The van der Waals surface area contributed by atoms with Crippen LogP contribution in [0.4, 0.5) is 5.69 Å². The van der Waals surface area contributed by atoms with Crippen molar-refractivity contribution < 1.29 is 0 Å². The summed E-state index contributed by atoms with van der Waals surface area (Å²) in [5.41, 5.74) is 1.17. The first-order chi connectivity index (χ1) is 12.7. The van der Waals surface area contributed by atoms with Gasteiger partial charge in [0.05, 0.1) is 0 Å². The maximum absolute atomic E-state index is 6.12. The molecule has 0 radical (unpaired) electrons. The van der Waals surface area contributed by atoms with Gasteiger partial charge in [-0.3, -0.25) is 0 Å². The molecule has 2 N–H and O–H groups in total. The Morgan fingerprint density at radius 1 is 1.37 bits per heavy atom. The molecule has 1 aliphatic heterocycles. The molecule has 7 nitrogen and oxygen atoms in total. The molecule has 3 rings (SSSR count). The summed E-state index contributed by atoms with van der Waals surface area (Å²) in [7, 11) is 0. The number of aryl methyl sites for hydroxylation is 1. The highest BCUT2D eigenvalue weighted by molar-refractivity contribution is 14.0. The second-order valence-corrected chi connectivity index (χ2v) is 6.72. The van der Waals surface area contributed by atoms with Gasteiger partial charge in [-0.05, 0) is 38.5 Å². The molecule has 1 fully saturated rings. The van der Waals surface area contributed by atoms with Gasteiger partial charge in [0.2, 0.25) is 0 Å². The molecular weight excluding hydrogens is 477 g/mol. The first kappa shape index (κ1) is 21.7. The van der Waals surface area contributed by atoms with Crippen molar-refractivity contribution in [2.45, 2.75) is 39.4 Å². The molecule has 1 unspecified atom stereocenters. The van der Waals surface area contributed by atoms with E-state index in [2.05, 4.69) is 50.6 Å². The fraction of sp³-hybridized carbons (Fsp3) is 0.500. The molecule has 148 valence electrons. The molecular formula is C18H27ClIN7. The molecule has 27 heavy (non-hydrogen) atoms. The van der Waals surface area contributed by atoms with E-state index in [4.69, 9.17) is 11.6 Å². The van der Waals surface area contributed by atoms with Crippen LogP contribution in [0.5, 0.6) is 0 Å². The third kappa shape index (κ3) is 5.97. The van der Waals surface area contributed by atoms with Crippen LogP contribution in [-0.2, 0) is 13.1 Å². The molecule has 9 heteroatoms. The lowest BCUT2D eigenvalue weighted by atomic mass is 10.3. The van der Waals surface area contributed by atoms with Gasteiger partial charge in [-0.25, -0.2) is 4.99 Å². The van der Waals surface area contributed by atoms with Crippen LogP contribution in [-0.4, -0.2) is 46.4 Å². The number of nitrogens with one attached hydrogen (secondary N) is 2. The number of anilines is 1. The van der Waals surface area contributed by atoms with E-state index < -0.39 is 0 Å². The number of hydrogen-bond acceptors (Lipinski definition) is 4. The summed E-state index contributed by atoms with van der Waals surface area (Å²) in [5, 5.41) is 15.7. The molecule has 2 aromatic rings. The van der Waals surface area contributed by atoms with Crippen LogP contribution in [0.1, 0.15) is 26.1 Å². The van der Waals surface area contributed by atoms with Gasteiger partial charge >= 0.3 is 0 Å². The van der Waals surface area contributed by atoms with Crippen LogP contribution in [0.3, 0.4) is 0 Å². The number of benzene rings is 1. The van der Waals surface area contributed by atoms with Gasteiger partial charge < -0.3 is 20.1 Å². The lowest BCUT2D eigenvalue weighted by Gasteiger charge is -2.20. The minimum absolute atomic E-state index is 0. The van der Waals surface area contributed by atoms with Crippen LogP contribution in [0, 0.1) is 0 Å². The number of aromatic nitrogens is 3. The molecule has 2 heterocycles. The summed E-state index contributed by atoms with van der Waals surface area (Å²) >= 11 is 6.12. The van der Waals surface area contributed by atoms with Crippen molar-refractivity contribution in [2.24, 2.45) is 4.99 Å². The second kappa shape index (κ2) is 10.7. The fourth-order valence-electron chi connectivity index (χ4n) is 3.11. The summed E-state index contributed by atoms with van der Waals surface area (Å²) in [4.78, 5) is 7.02. The summed E-state index contributed by atoms with van der Waals surface area (Å²) in [6.45, 7) is 8.24. The Hall–Kier alpha value is -1.55. The van der Waals surface area contributed by atoms with Crippen LogP contribution >= 0.6 is 35.6 Å². The zero-order chi connectivity index (χ0) is 18.4. The van der Waals surface area contributed by atoms with Crippen LogP contribution in [0.25, 0.3) is 0 Å². The Morgan fingerprint density at radius 2 is 2.22 bits per heavy atom. The largest absolute Gasteiger partial charge is 0.369 e. The van der Waals surface area contributed by atoms with E-state index in [0.717, 1.165) is 49.4 Å². The van der Waals surface area contributed by atoms with E-state index in [-0.39, 0.29) is 24.0 Å². The molecule has 0 saturated carbocycles. The topological polar surface area (TPSA) is 70.4 Å². The Morgan fingerprint density at radius 3 is 2.96 bits per heavy atom. The lowest BCUT2D eigenvalue weighted by Crippen LogP contribution is -2.44. The van der Waals surface area contributed by atoms with Gasteiger partial charge in [-0.1, -0.05) is 17.7 Å². The number of halogens is 2. The summed E-state index contributed by atoms with van der Waals surface area (Å²) in [6, 6.07) is 8.36. The summed E-state index contributed by atoms with van der Waals surface area (Å²) in [5.74, 6) is 1.69. The fourth-order valence-corrected chi connectivity index (χ4v) is 3.30. The zero-order valence-electron chi connectivity index (χ0n) is 15.7. The summed E-state index contributed by atoms with van der Waals surface area (Å²) in [6.07, 6.45) is 2.80. The average molecular weight is 504 g/mol. The van der Waals surface area contributed by atoms with Gasteiger partial charge in [0.25, 0.3) is 0 Å². The standard InChI is InChI=1S/C18H26ClN7.HI/c1-3-20-18(21-11-17-24-22-13-25(17)4-2)23-15-8-9-26(12-15)16-7-5-6-14(19)10-16;/h5-7,10,13,15H,3-4,8-9,11-12H2,1-2H3,(H2,20,21,23);1H. The van der Waals surface area contributed by atoms with E-state index in [9.17, 15) is 0 Å². The predicted octanol–water partition coefficient (Wildman–Crippen LogP) is 2.90. The number of rotatable bonds is 6. The third-order valence-corrected chi connectivity index (χ3v) is 4.70. The third-order valence-electron chi connectivity index (χ3n) is 4.46. The molecule has 1 aromatic carbocycles. The monoisotopic (exact) mass is 503 g/mol. The molecule has 1 aliphatic rings. The first-order valence-electron chi connectivity index (χ1n) is 9.11. The minimum Gasteiger partial charge on any atom is -0.369 e. The van der Waals surface area contributed by atoms with Crippen LogP contribution in [0.15, 0.2) is 35.6 Å². The molecule has 0 spiro atoms. The van der Waals surface area contributed by atoms with E-state index in [1.54, 1.807) is 6.33 Å². The van der Waals surface area contributed by atoms with Crippen molar-refractivity contribution in [1.82, 2.24) is 25.4 Å². The predicted molar refractivity (Wildman–Crippen MR) is 121 cm³/mol. The second-order valence-electron chi connectivity index (χ2n) is 6.28. The minimum atomic E-state index is 0. The highest BCUT2D eigenvalue weighted by Crippen LogP contribution is 2.23. The van der Waals surface area contributed by atoms with Crippen molar-refractivity contribution in [3.05, 3.63) is 41.4 Å². The van der Waals surface area contributed by atoms with Gasteiger partial charge in [-0.2, -0.15) is 0 Å². The highest BCUT2D eigenvalue weighted by atomic mass is 127. The van der Waals surface area contributed by atoms with Gasteiger partial charge in [0, 0.05) is 42.9 Å². The number of nitrogens with zero attached hydrogens (tertiary/aromatic N) is 5. The van der Waals surface area contributed by atoms with Crippen molar-refractivity contribution >= 4 is 47.2 Å². The Balaban J connectivity index is 0.00000261. The molecule has 1 atom stereocenters. The maximum Gasteiger partial charge on any atom is 0.191 e. The SMILES string of the molecule is CCNC(=NCc1nncn1CC)NC1CCN(c2cccc(Cl)c2)C1.I. The Kier molecular flexibility index (Phi) is 8.62. The number of aliphatic imine (C=N–C) groups is 1. The molecule has 1 saturated heterocycles. The van der Waals surface area contributed by atoms with Gasteiger partial charge in [-0.15, -0.1) is 34.2 Å². The van der Waals surface area contributed by atoms with Crippen molar-refractivity contribution in [2.75, 3.05) is 24.5 Å². The molecule has 0 amide bonds. The van der Waals surface area contributed by atoms with Gasteiger partial charge in [0.1, 0.15) is 12.9 Å². The quantitative estimate of drug-likeness (QED) is 0.360. The normalized spacial score (nSPS) is 16.9. The van der Waals surface area contributed by atoms with Crippen molar-refractivity contribution in [3.63, 3.8) is 0 Å².